The molecule has 1 aliphatic rings. The van der Waals surface area contributed by atoms with Gasteiger partial charge >= 0.3 is 0 Å². The quantitative estimate of drug-likeness (QED) is 0.842. The van der Waals surface area contributed by atoms with Crippen molar-refractivity contribution in [1.82, 2.24) is 5.32 Å². The second-order valence-electron chi connectivity index (χ2n) is 4.11. The number of carbonyl (C=O) groups excluding carboxylic acids is 2. The Kier molecular flexibility index (Phi) is 3.33. The third-order valence-electron chi connectivity index (χ3n) is 2.87. The molecule has 4 nitrogen and oxygen atoms in total. The summed E-state index contributed by atoms with van der Waals surface area (Å²) >= 11 is 5.96. The van der Waals surface area contributed by atoms with Gasteiger partial charge in [-0.15, -0.1) is 0 Å². The van der Waals surface area contributed by atoms with Gasteiger partial charge in [0.05, 0.1) is 5.92 Å². The highest BCUT2D eigenvalue weighted by Gasteiger charge is 2.28. The lowest BCUT2D eigenvalue weighted by Crippen LogP contribution is -2.25. The van der Waals surface area contributed by atoms with Crippen LogP contribution in [0.4, 0.5) is 5.69 Å². The molecule has 2 N–H and O–H groups in total. The van der Waals surface area contributed by atoms with Crippen LogP contribution in [0.5, 0.6) is 0 Å². The fourth-order valence-corrected chi connectivity index (χ4v) is 1.94. The second-order valence-corrected chi connectivity index (χ2v) is 4.51. The van der Waals surface area contributed by atoms with Crippen molar-refractivity contribution in [1.29, 1.82) is 0 Å². The Bertz CT molecular complexity index is 474. The normalized spacial score (nSPS) is 18.9. The van der Waals surface area contributed by atoms with E-state index in [1.54, 1.807) is 18.2 Å². The van der Waals surface area contributed by atoms with Gasteiger partial charge in [-0.3, -0.25) is 9.59 Å². The van der Waals surface area contributed by atoms with E-state index in [1.807, 2.05) is 6.92 Å². The van der Waals surface area contributed by atoms with Crippen molar-refractivity contribution in [3.63, 3.8) is 0 Å². The van der Waals surface area contributed by atoms with Crippen molar-refractivity contribution in [3.05, 3.63) is 28.8 Å². The van der Waals surface area contributed by atoms with Crippen molar-refractivity contribution >= 4 is 29.1 Å². The van der Waals surface area contributed by atoms with Crippen LogP contribution in [-0.4, -0.2) is 18.4 Å². The van der Waals surface area contributed by atoms with Gasteiger partial charge in [-0.1, -0.05) is 17.7 Å². The van der Waals surface area contributed by atoms with Gasteiger partial charge in [0.1, 0.15) is 0 Å². The summed E-state index contributed by atoms with van der Waals surface area (Å²) < 4.78 is 0. The molecule has 2 amide bonds. The number of amides is 2. The van der Waals surface area contributed by atoms with Crippen LogP contribution in [0.1, 0.15) is 12.0 Å². The number of halogens is 1. The predicted molar refractivity (Wildman–Crippen MR) is 65.9 cm³/mol. The van der Waals surface area contributed by atoms with E-state index in [-0.39, 0.29) is 24.2 Å². The number of hydrogen-bond donors (Lipinski definition) is 2. The number of nitrogens with one attached hydrogen (secondary N) is 2. The van der Waals surface area contributed by atoms with Gasteiger partial charge in [-0.25, -0.2) is 0 Å². The van der Waals surface area contributed by atoms with Crippen molar-refractivity contribution in [2.45, 2.75) is 13.3 Å². The molecule has 1 unspecified atom stereocenters. The van der Waals surface area contributed by atoms with Gasteiger partial charge in [-0.05, 0) is 24.6 Å². The molecule has 1 aromatic carbocycles. The number of carbonyl (C=O) groups is 2. The van der Waals surface area contributed by atoms with E-state index in [2.05, 4.69) is 10.6 Å². The fourth-order valence-electron chi connectivity index (χ4n) is 1.77. The number of rotatable bonds is 2. The standard InChI is InChI=1S/C12H13ClN2O2/c1-7-9(13)3-2-4-10(7)15-12(17)8-5-11(16)14-6-8/h2-4,8H,5-6H2,1H3,(H,14,16)(H,15,17). The maximum Gasteiger partial charge on any atom is 0.229 e. The van der Waals surface area contributed by atoms with Gasteiger partial charge in [0.25, 0.3) is 0 Å². The van der Waals surface area contributed by atoms with E-state index in [1.165, 1.54) is 0 Å². The first kappa shape index (κ1) is 11.9. The van der Waals surface area contributed by atoms with Crippen molar-refractivity contribution < 1.29 is 9.59 Å². The molecule has 1 heterocycles. The number of benzene rings is 1. The largest absolute Gasteiger partial charge is 0.355 e. The third-order valence-corrected chi connectivity index (χ3v) is 3.28. The minimum atomic E-state index is -0.291. The molecule has 90 valence electrons. The molecule has 2 rings (SSSR count). The molecule has 1 fully saturated rings. The Morgan fingerprint density at radius 1 is 1.53 bits per heavy atom. The Balaban J connectivity index is 2.08. The van der Waals surface area contributed by atoms with Crippen LogP contribution >= 0.6 is 11.6 Å². The summed E-state index contributed by atoms with van der Waals surface area (Å²) in [6.45, 7) is 2.25. The van der Waals surface area contributed by atoms with E-state index in [0.717, 1.165) is 5.56 Å². The SMILES string of the molecule is Cc1c(Cl)cccc1NC(=O)C1CNC(=O)C1. The average molecular weight is 253 g/mol. The molecule has 0 spiro atoms. The zero-order valence-corrected chi connectivity index (χ0v) is 10.2. The summed E-state index contributed by atoms with van der Waals surface area (Å²) in [6, 6.07) is 5.35. The smallest absolute Gasteiger partial charge is 0.229 e. The fraction of sp³-hybridized carbons (Fsp3) is 0.333. The van der Waals surface area contributed by atoms with Gasteiger partial charge < -0.3 is 10.6 Å². The Morgan fingerprint density at radius 2 is 2.29 bits per heavy atom. The first-order chi connectivity index (χ1) is 8.08. The van der Waals surface area contributed by atoms with Crippen LogP contribution in [0.15, 0.2) is 18.2 Å². The van der Waals surface area contributed by atoms with Crippen LogP contribution in [0.25, 0.3) is 0 Å². The molecule has 0 aromatic heterocycles. The molecule has 1 saturated heterocycles. The zero-order chi connectivity index (χ0) is 12.4. The first-order valence-corrected chi connectivity index (χ1v) is 5.78. The Hall–Kier alpha value is -1.55. The average Bonchev–Trinajstić information content (AvgIpc) is 2.72. The highest BCUT2D eigenvalue weighted by molar-refractivity contribution is 6.31. The van der Waals surface area contributed by atoms with E-state index in [4.69, 9.17) is 11.6 Å². The molecule has 0 aliphatic carbocycles. The lowest BCUT2D eigenvalue weighted by Gasteiger charge is -2.12. The third kappa shape index (κ3) is 2.58. The summed E-state index contributed by atoms with van der Waals surface area (Å²) in [7, 11) is 0. The molecule has 0 radical (unpaired) electrons. The van der Waals surface area contributed by atoms with E-state index >= 15 is 0 Å². The molecular weight excluding hydrogens is 240 g/mol. The van der Waals surface area contributed by atoms with Crippen molar-refractivity contribution in [3.8, 4) is 0 Å². The first-order valence-electron chi connectivity index (χ1n) is 5.40. The topological polar surface area (TPSA) is 58.2 Å². The lowest BCUT2D eigenvalue weighted by atomic mass is 10.1. The highest BCUT2D eigenvalue weighted by Crippen LogP contribution is 2.24. The summed E-state index contributed by atoms with van der Waals surface area (Å²) in [6.07, 6.45) is 0.255. The predicted octanol–water partition coefficient (Wildman–Crippen LogP) is 1.72. The van der Waals surface area contributed by atoms with Crippen LogP contribution < -0.4 is 10.6 Å². The van der Waals surface area contributed by atoms with E-state index in [9.17, 15) is 9.59 Å². The molecule has 1 aliphatic heterocycles. The molecule has 5 heteroatoms. The Labute approximate surface area is 104 Å². The maximum atomic E-state index is 11.9. The molecule has 0 saturated carbocycles. The molecule has 1 aromatic rings. The maximum absolute atomic E-state index is 11.9. The van der Waals surface area contributed by atoms with Gasteiger partial charge in [-0.2, -0.15) is 0 Å². The van der Waals surface area contributed by atoms with Crippen molar-refractivity contribution in [2.24, 2.45) is 5.92 Å². The van der Waals surface area contributed by atoms with E-state index in [0.29, 0.717) is 17.3 Å². The summed E-state index contributed by atoms with van der Waals surface area (Å²) in [4.78, 5) is 22.9. The number of hydrogen-bond acceptors (Lipinski definition) is 2. The van der Waals surface area contributed by atoms with E-state index < -0.39 is 0 Å². The molecular formula is C12H13ClN2O2. The summed E-state index contributed by atoms with van der Waals surface area (Å²) in [5, 5.41) is 6.05. The number of anilines is 1. The summed E-state index contributed by atoms with van der Waals surface area (Å²) in [5.74, 6) is -0.512. The van der Waals surface area contributed by atoms with Crippen LogP contribution in [-0.2, 0) is 9.59 Å². The second kappa shape index (κ2) is 4.75. The minimum Gasteiger partial charge on any atom is -0.355 e. The van der Waals surface area contributed by atoms with Crippen molar-refractivity contribution in [2.75, 3.05) is 11.9 Å². The van der Waals surface area contributed by atoms with Crippen LogP contribution in [0.3, 0.4) is 0 Å². The monoisotopic (exact) mass is 252 g/mol. The van der Waals surface area contributed by atoms with Gasteiger partial charge in [0.15, 0.2) is 0 Å². The highest BCUT2D eigenvalue weighted by atomic mass is 35.5. The van der Waals surface area contributed by atoms with Gasteiger partial charge in [0.2, 0.25) is 11.8 Å². The molecule has 17 heavy (non-hydrogen) atoms. The summed E-state index contributed by atoms with van der Waals surface area (Å²) in [5.41, 5.74) is 1.53. The van der Waals surface area contributed by atoms with Crippen LogP contribution in [0, 0.1) is 12.8 Å². The van der Waals surface area contributed by atoms with Crippen LogP contribution in [0.2, 0.25) is 5.02 Å². The molecule has 1 atom stereocenters. The lowest BCUT2D eigenvalue weighted by molar-refractivity contribution is -0.123. The minimum absolute atomic E-state index is 0.0760. The Morgan fingerprint density at radius 3 is 2.94 bits per heavy atom. The molecule has 0 bridgehead atoms. The zero-order valence-electron chi connectivity index (χ0n) is 9.42. The van der Waals surface area contributed by atoms with Gasteiger partial charge in [0, 0.05) is 23.7 Å².